The standard InChI is InChI=1S/C13H14N4O3/c1-9(12(14)18)20-13(19)11-4-2-10(3-5-11)6-17-8-15-7-16-17/h2-5,7-9H,6H2,1H3,(H2,14,18). The Morgan fingerprint density at radius 3 is 2.60 bits per heavy atom. The van der Waals surface area contributed by atoms with E-state index in [1.807, 2.05) is 0 Å². The third kappa shape index (κ3) is 3.41. The number of carbonyl (C=O) groups is 2. The van der Waals surface area contributed by atoms with Gasteiger partial charge in [-0.05, 0) is 24.6 Å². The molecule has 0 aliphatic carbocycles. The predicted octanol–water partition coefficient (Wildman–Crippen LogP) is 0.357. The first-order chi connectivity index (χ1) is 9.56. The summed E-state index contributed by atoms with van der Waals surface area (Å²) >= 11 is 0. The molecule has 7 heteroatoms. The van der Waals surface area contributed by atoms with Crippen LogP contribution in [0.2, 0.25) is 0 Å². The maximum Gasteiger partial charge on any atom is 0.338 e. The van der Waals surface area contributed by atoms with Crippen LogP contribution in [-0.4, -0.2) is 32.7 Å². The van der Waals surface area contributed by atoms with E-state index >= 15 is 0 Å². The SMILES string of the molecule is CC(OC(=O)c1ccc(Cn2cncn2)cc1)C(N)=O. The van der Waals surface area contributed by atoms with Crippen molar-refractivity contribution in [3.63, 3.8) is 0 Å². The minimum atomic E-state index is -0.947. The van der Waals surface area contributed by atoms with Crippen molar-refractivity contribution in [3.05, 3.63) is 48.0 Å². The largest absolute Gasteiger partial charge is 0.449 e. The van der Waals surface area contributed by atoms with Gasteiger partial charge in [0.1, 0.15) is 12.7 Å². The number of primary amides is 1. The first-order valence-electron chi connectivity index (χ1n) is 5.98. The summed E-state index contributed by atoms with van der Waals surface area (Å²) in [6.45, 7) is 1.99. The van der Waals surface area contributed by atoms with Gasteiger partial charge in [0.05, 0.1) is 12.1 Å². The van der Waals surface area contributed by atoms with Crippen LogP contribution in [0.3, 0.4) is 0 Å². The Labute approximate surface area is 115 Å². The molecule has 0 saturated heterocycles. The normalized spacial score (nSPS) is 11.8. The van der Waals surface area contributed by atoms with Crippen LogP contribution >= 0.6 is 0 Å². The minimum Gasteiger partial charge on any atom is -0.449 e. The number of hydrogen-bond donors (Lipinski definition) is 1. The molecule has 0 aliphatic heterocycles. The number of benzene rings is 1. The van der Waals surface area contributed by atoms with Gasteiger partial charge < -0.3 is 10.5 Å². The van der Waals surface area contributed by atoms with Crippen molar-refractivity contribution in [2.45, 2.75) is 19.6 Å². The summed E-state index contributed by atoms with van der Waals surface area (Å²) in [5.74, 6) is -1.26. The summed E-state index contributed by atoms with van der Waals surface area (Å²) in [5.41, 5.74) is 6.36. The number of ether oxygens (including phenoxy) is 1. The van der Waals surface area contributed by atoms with Crippen molar-refractivity contribution >= 4 is 11.9 Å². The second-order valence-corrected chi connectivity index (χ2v) is 4.24. The number of aromatic nitrogens is 3. The Morgan fingerprint density at radius 1 is 1.35 bits per heavy atom. The molecule has 1 amide bonds. The van der Waals surface area contributed by atoms with E-state index in [2.05, 4.69) is 10.1 Å². The lowest BCUT2D eigenvalue weighted by Crippen LogP contribution is -2.30. The van der Waals surface area contributed by atoms with Crippen molar-refractivity contribution in [1.29, 1.82) is 0 Å². The van der Waals surface area contributed by atoms with Crippen LogP contribution in [0.4, 0.5) is 0 Å². The maximum absolute atomic E-state index is 11.7. The summed E-state index contributed by atoms with van der Waals surface area (Å²) in [6.07, 6.45) is 2.12. The number of carbonyl (C=O) groups excluding carboxylic acids is 2. The molecule has 1 atom stereocenters. The number of hydrogen-bond acceptors (Lipinski definition) is 5. The number of nitrogens with two attached hydrogens (primary N) is 1. The van der Waals surface area contributed by atoms with Gasteiger partial charge in [0.2, 0.25) is 0 Å². The van der Waals surface area contributed by atoms with E-state index in [1.54, 1.807) is 35.3 Å². The summed E-state index contributed by atoms with van der Waals surface area (Å²) in [4.78, 5) is 26.4. The summed E-state index contributed by atoms with van der Waals surface area (Å²) in [7, 11) is 0. The highest BCUT2D eigenvalue weighted by molar-refractivity contribution is 5.91. The molecule has 104 valence electrons. The smallest absolute Gasteiger partial charge is 0.338 e. The van der Waals surface area contributed by atoms with Crippen LogP contribution in [0.5, 0.6) is 0 Å². The quantitative estimate of drug-likeness (QED) is 0.793. The number of rotatable bonds is 5. The lowest BCUT2D eigenvalue weighted by atomic mass is 10.1. The first-order valence-corrected chi connectivity index (χ1v) is 5.98. The van der Waals surface area contributed by atoms with Gasteiger partial charge in [0.25, 0.3) is 5.91 Å². The first kappa shape index (κ1) is 13.7. The van der Waals surface area contributed by atoms with Gasteiger partial charge in [0.15, 0.2) is 6.10 Å². The Bertz CT molecular complexity index is 593. The fourth-order valence-corrected chi connectivity index (χ4v) is 1.53. The molecule has 1 aromatic carbocycles. The third-order valence-corrected chi connectivity index (χ3v) is 2.69. The van der Waals surface area contributed by atoms with Crippen LogP contribution in [0.25, 0.3) is 0 Å². The molecule has 0 aliphatic rings. The van der Waals surface area contributed by atoms with Gasteiger partial charge >= 0.3 is 5.97 Å². The van der Waals surface area contributed by atoms with E-state index < -0.39 is 18.0 Å². The molecular weight excluding hydrogens is 260 g/mol. The highest BCUT2D eigenvalue weighted by Gasteiger charge is 2.15. The van der Waals surface area contributed by atoms with Gasteiger partial charge in [-0.15, -0.1) is 0 Å². The molecule has 7 nitrogen and oxygen atoms in total. The van der Waals surface area contributed by atoms with Crippen LogP contribution in [0.15, 0.2) is 36.9 Å². The van der Waals surface area contributed by atoms with Crippen LogP contribution < -0.4 is 5.73 Å². The summed E-state index contributed by atoms with van der Waals surface area (Å²) in [6, 6.07) is 6.82. The van der Waals surface area contributed by atoms with Gasteiger partial charge in [-0.1, -0.05) is 12.1 Å². The lowest BCUT2D eigenvalue weighted by Gasteiger charge is -2.09. The van der Waals surface area contributed by atoms with Gasteiger partial charge in [-0.2, -0.15) is 5.10 Å². The Kier molecular flexibility index (Phi) is 4.09. The zero-order valence-corrected chi connectivity index (χ0v) is 10.9. The maximum atomic E-state index is 11.7. The van der Waals surface area contributed by atoms with Crippen LogP contribution in [-0.2, 0) is 16.1 Å². The van der Waals surface area contributed by atoms with Gasteiger partial charge in [-0.25, -0.2) is 14.5 Å². The molecule has 0 fully saturated rings. The van der Waals surface area contributed by atoms with Crippen molar-refractivity contribution in [2.24, 2.45) is 5.73 Å². The highest BCUT2D eigenvalue weighted by Crippen LogP contribution is 2.08. The minimum absolute atomic E-state index is 0.362. The van der Waals surface area contributed by atoms with Gasteiger partial charge in [-0.3, -0.25) is 4.79 Å². The predicted molar refractivity (Wildman–Crippen MR) is 69.6 cm³/mol. The summed E-state index contributed by atoms with van der Waals surface area (Å²) < 4.78 is 6.57. The van der Waals surface area contributed by atoms with E-state index in [4.69, 9.17) is 10.5 Å². The molecule has 2 rings (SSSR count). The van der Waals surface area contributed by atoms with Crippen molar-refractivity contribution in [3.8, 4) is 0 Å². The van der Waals surface area contributed by atoms with E-state index in [9.17, 15) is 9.59 Å². The van der Waals surface area contributed by atoms with E-state index in [1.165, 1.54) is 13.3 Å². The Morgan fingerprint density at radius 2 is 2.05 bits per heavy atom. The molecule has 0 radical (unpaired) electrons. The number of esters is 1. The van der Waals surface area contributed by atoms with Crippen LogP contribution in [0.1, 0.15) is 22.8 Å². The topological polar surface area (TPSA) is 100 Å². The second kappa shape index (κ2) is 5.96. The molecule has 20 heavy (non-hydrogen) atoms. The molecule has 0 saturated carbocycles. The second-order valence-electron chi connectivity index (χ2n) is 4.24. The molecule has 2 N–H and O–H groups in total. The molecule has 1 unspecified atom stereocenters. The molecule has 0 bridgehead atoms. The Balaban J connectivity index is 2.00. The zero-order valence-electron chi connectivity index (χ0n) is 10.9. The van der Waals surface area contributed by atoms with Crippen molar-refractivity contribution < 1.29 is 14.3 Å². The average Bonchev–Trinajstić information content (AvgIpc) is 2.92. The van der Waals surface area contributed by atoms with E-state index in [0.717, 1.165) is 5.56 Å². The molecular formula is C13H14N4O3. The number of amides is 1. The molecule has 1 heterocycles. The molecule has 0 spiro atoms. The molecule has 2 aromatic rings. The van der Waals surface area contributed by atoms with E-state index in [0.29, 0.717) is 12.1 Å². The lowest BCUT2D eigenvalue weighted by molar-refractivity contribution is -0.125. The third-order valence-electron chi connectivity index (χ3n) is 2.69. The highest BCUT2D eigenvalue weighted by atomic mass is 16.5. The fraction of sp³-hybridized carbons (Fsp3) is 0.231. The monoisotopic (exact) mass is 274 g/mol. The summed E-state index contributed by atoms with van der Waals surface area (Å²) in [5, 5.41) is 3.99. The van der Waals surface area contributed by atoms with Crippen molar-refractivity contribution in [1.82, 2.24) is 14.8 Å². The molecule has 1 aromatic heterocycles. The average molecular weight is 274 g/mol. The van der Waals surface area contributed by atoms with Crippen molar-refractivity contribution in [2.75, 3.05) is 0 Å². The fourth-order valence-electron chi connectivity index (χ4n) is 1.53. The van der Waals surface area contributed by atoms with Crippen LogP contribution in [0, 0.1) is 0 Å². The zero-order chi connectivity index (χ0) is 14.5. The Hall–Kier alpha value is -2.70. The number of nitrogens with zero attached hydrogens (tertiary/aromatic N) is 3. The van der Waals surface area contributed by atoms with E-state index in [-0.39, 0.29) is 0 Å². The van der Waals surface area contributed by atoms with Gasteiger partial charge in [0, 0.05) is 0 Å².